The molecule has 2 heteroatoms. The molecule has 18 heavy (non-hydrogen) atoms. The molecule has 1 saturated heterocycles. The maximum absolute atomic E-state index is 6.45. The Balaban J connectivity index is 1.95. The van der Waals surface area contributed by atoms with Crippen LogP contribution in [0.5, 0.6) is 0 Å². The van der Waals surface area contributed by atoms with Gasteiger partial charge in [-0.1, -0.05) is 30.7 Å². The van der Waals surface area contributed by atoms with Gasteiger partial charge in [-0.15, -0.1) is 0 Å². The van der Waals surface area contributed by atoms with E-state index in [2.05, 4.69) is 36.2 Å². The Morgan fingerprint density at radius 3 is 2.50 bits per heavy atom. The number of nitrogens with two attached hydrogens (primary N) is 1. The van der Waals surface area contributed by atoms with E-state index >= 15 is 0 Å². The molecular formula is C16H24N2. The summed E-state index contributed by atoms with van der Waals surface area (Å²) in [5.74, 6) is 0.810. The molecule has 0 bridgehead atoms. The third-order valence-corrected chi connectivity index (χ3v) is 4.51. The number of nitrogens with zero attached hydrogens (tertiary/aromatic N) is 1. The highest BCUT2D eigenvalue weighted by molar-refractivity contribution is 5.36. The summed E-state index contributed by atoms with van der Waals surface area (Å²) in [6, 6.07) is 9.69. The molecule has 1 aliphatic heterocycles. The van der Waals surface area contributed by atoms with Crippen LogP contribution < -0.4 is 5.73 Å². The molecule has 0 amide bonds. The molecule has 2 N–H and O–H groups in total. The van der Waals surface area contributed by atoms with Gasteiger partial charge in [0.25, 0.3) is 0 Å². The van der Waals surface area contributed by atoms with Crippen LogP contribution in [0.3, 0.4) is 0 Å². The van der Waals surface area contributed by atoms with Crippen molar-refractivity contribution < 1.29 is 0 Å². The van der Waals surface area contributed by atoms with E-state index in [1.54, 1.807) is 5.56 Å². The molecule has 1 saturated carbocycles. The Kier molecular flexibility index (Phi) is 3.40. The van der Waals surface area contributed by atoms with E-state index in [0.29, 0.717) is 6.04 Å². The lowest BCUT2D eigenvalue weighted by Gasteiger charge is -2.32. The van der Waals surface area contributed by atoms with E-state index in [1.807, 2.05) is 0 Å². The summed E-state index contributed by atoms with van der Waals surface area (Å²) >= 11 is 0. The minimum absolute atomic E-state index is 0.289. The number of likely N-dealkylation sites (N-methyl/N-ethyl adjacent to an activating group) is 1. The van der Waals surface area contributed by atoms with Crippen LogP contribution in [0.2, 0.25) is 0 Å². The fourth-order valence-electron chi connectivity index (χ4n) is 3.38. The first-order valence-corrected chi connectivity index (χ1v) is 7.32. The van der Waals surface area contributed by atoms with Crippen LogP contribution in [-0.2, 0) is 0 Å². The Morgan fingerprint density at radius 1 is 1.06 bits per heavy atom. The van der Waals surface area contributed by atoms with E-state index in [1.165, 1.54) is 37.8 Å². The van der Waals surface area contributed by atoms with Gasteiger partial charge in [-0.3, -0.25) is 4.90 Å². The highest BCUT2D eigenvalue weighted by atomic mass is 15.1. The van der Waals surface area contributed by atoms with Crippen molar-refractivity contribution in [3.8, 4) is 0 Å². The lowest BCUT2D eigenvalue weighted by molar-refractivity contribution is 0.229. The van der Waals surface area contributed by atoms with Crippen molar-refractivity contribution in [2.24, 2.45) is 5.73 Å². The molecule has 2 aliphatic rings. The minimum Gasteiger partial charge on any atom is -0.326 e. The van der Waals surface area contributed by atoms with Gasteiger partial charge >= 0.3 is 0 Å². The maximum Gasteiger partial charge on any atom is 0.0499 e. The Bertz CT molecular complexity index is 399. The summed E-state index contributed by atoms with van der Waals surface area (Å²) in [5, 5.41) is 0. The zero-order chi connectivity index (χ0) is 12.5. The first kappa shape index (κ1) is 12.2. The van der Waals surface area contributed by atoms with Crippen LogP contribution in [0.15, 0.2) is 24.3 Å². The van der Waals surface area contributed by atoms with Crippen LogP contribution in [0.4, 0.5) is 0 Å². The standard InChI is InChI=1S/C16H24N2/c1-18-11-5-4-8-15(17)16(18)14-7-3-2-6-13(14)12-9-10-12/h2-3,6-7,12,15-16H,4-5,8-11,17H2,1H3. The van der Waals surface area contributed by atoms with Crippen LogP contribution in [0, 0.1) is 0 Å². The lowest BCUT2D eigenvalue weighted by atomic mass is 9.91. The molecule has 2 fully saturated rings. The summed E-state index contributed by atoms with van der Waals surface area (Å²) in [4.78, 5) is 2.47. The van der Waals surface area contributed by atoms with Crippen molar-refractivity contribution in [2.75, 3.05) is 13.6 Å². The molecule has 2 unspecified atom stereocenters. The highest BCUT2D eigenvalue weighted by Crippen LogP contribution is 2.44. The van der Waals surface area contributed by atoms with Crippen molar-refractivity contribution in [3.63, 3.8) is 0 Å². The average Bonchev–Trinajstić information content (AvgIpc) is 3.19. The maximum atomic E-state index is 6.45. The van der Waals surface area contributed by atoms with E-state index in [-0.39, 0.29) is 6.04 Å². The third-order valence-electron chi connectivity index (χ3n) is 4.51. The molecule has 3 rings (SSSR count). The molecule has 0 spiro atoms. The van der Waals surface area contributed by atoms with Gasteiger partial charge in [-0.05, 0) is 56.3 Å². The van der Waals surface area contributed by atoms with Gasteiger partial charge in [0.1, 0.15) is 0 Å². The molecule has 98 valence electrons. The fraction of sp³-hybridized carbons (Fsp3) is 0.625. The number of benzene rings is 1. The van der Waals surface area contributed by atoms with Crippen molar-refractivity contribution in [2.45, 2.75) is 50.1 Å². The summed E-state index contributed by atoms with van der Waals surface area (Å²) in [7, 11) is 2.24. The van der Waals surface area contributed by atoms with Gasteiger partial charge in [0.2, 0.25) is 0 Å². The monoisotopic (exact) mass is 244 g/mol. The van der Waals surface area contributed by atoms with E-state index < -0.39 is 0 Å². The Hall–Kier alpha value is -0.860. The van der Waals surface area contributed by atoms with Crippen LogP contribution in [0.1, 0.15) is 55.2 Å². The lowest BCUT2D eigenvalue weighted by Crippen LogP contribution is -2.38. The fourth-order valence-corrected chi connectivity index (χ4v) is 3.38. The molecule has 1 aromatic rings. The van der Waals surface area contributed by atoms with E-state index in [4.69, 9.17) is 5.73 Å². The zero-order valence-electron chi connectivity index (χ0n) is 11.3. The van der Waals surface area contributed by atoms with Crippen molar-refractivity contribution in [1.82, 2.24) is 4.90 Å². The Morgan fingerprint density at radius 2 is 1.78 bits per heavy atom. The molecule has 1 heterocycles. The largest absolute Gasteiger partial charge is 0.326 e. The second-order valence-electron chi connectivity index (χ2n) is 5.99. The Labute approximate surface area is 110 Å². The molecule has 0 aromatic heterocycles. The molecular weight excluding hydrogens is 220 g/mol. The zero-order valence-corrected chi connectivity index (χ0v) is 11.3. The summed E-state index contributed by atoms with van der Waals surface area (Å²) < 4.78 is 0. The number of rotatable bonds is 2. The highest BCUT2D eigenvalue weighted by Gasteiger charge is 2.32. The first-order chi connectivity index (χ1) is 8.77. The molecule has 2 nitrogen and oxygen atoms in total. The second kappa shape index (κ2) is 5.02. The number of likely N-dealkylation sites (tertiary alicyclic amines) is 1. The van der Waals surface area contributed by atoms with Gasteiger partial charge in [-0.2, -0.15) is 0 Å². The number of hydrogen-bond acceptors (Lipinski definition) is 2. The predicted octanol–water partition coefficient (Wildman–Crippen LogP) is 3.05. The minimum atomic E-state index is 0.289. The van der Waals surface area contributed by atoms with Crippen molar-refractivity contribution in [1.29, 1.82) is 0 Å². The summed E-state index contributed by atoms with van der Waals surface area (Å²) in [5.41, 5.74) is 9.51. The van der Waals surface area contributed by atoms with Crippen LogP contribution in [0.25, 0.3) is 0 Å². The SMILES string of the molecule is CN1CCCCC(N)C1c1ccccc1C1CC1. The smallest absolute Gasteiger partial charge is 0.0499 e. The summed E-state index contributed by atoms with van der Waals surface area (Å²) in [6.45, 7) is 1.18. The molecule has 0 radical (unpaired) electrons. The van der Waals surface area contributed by atoms with Gasteiger partial charge in [0, 0.05) is 12.1 Å². The first-order valence-electron chi connectivity index (χ1n) is 7.32. The van der Waals surface area contributed by atoms with E-state index in [0.717, 1.165) is 12.3 Å². The van der Waals surface area contributed by atoms with Gasteiger partial charge in [0.15, 0.2) is 0 Å². The third kappa shape index (κ3) is 2.32. The second-order valence-corrected chi connectivity index (χ2v) is 5.99. The predicted molar refractivity (Wildman–Crippen MR) is 75.6 cm³/mol. The molecule has 1 aromatic carbocycles. The van der Waals surface area contributed by atoms with E-state index in [9.17, 15) is 0 Å². The topological polar surface area (TPSA) is 29.3 Å². The normalized spacial score (nSPS) is 30.1. The van der Waals surface area contributed by atoms with Gasteiger partial charge in [0.05, 0.1) is 0 Å². The molecule has 1 aliphatic carbocycles. The average molecular weight is 244 g/mol. The van der Waals surface area contributed by atoms with Crippen LogP contribution in [-0.4, -0.2) is 24.5 Å². The number of hydrogen-bond donors (Lipinski definition) is 1. The van der Waals surface area contributed by atoms with Gasteiger partial charge < -0.3 is 5.73 Å². The van der Waals surface area contributed by atoms with Crippen molar-refractivity contribution >= 4 is 0 Å². The summed E-state index contributed by atoms with van der Waals surface area (Å²) in [6.07, 6.45) is 6.44. The van der Waals surface area contributed by atoms with Crippen LogP contribution >= 0.6 is 0 Å². The quantitative estimate of drug-likeness (QED) is 0.866. The van der Waals surface area contributed by atoms with Gasteiger partial charge in [-0.25, -0.2) is 0 Å². The molecule has 2 atom stereocenters. The van der Waals surface area contributed by atoms with Crippen molar-refractivity contribution in [3.05, 3.63) is 35.4 Å².